The molecule has 0 fully saturated rings. The predicted molar refractivity (Wildman–Crippen MR) is 76.0 cm³/mol. The second kappa shape index (κ2) is 5.52. The zero-order chi connectivity index (χ0) is 14.8. The second-order valence-corrected chi connectivity index (χ2v) is 5.65. The molecule has 3 rings (SSSR count). The molecule has 0 aliphatic carbocycles. The summed E-state index contributed by atoms with van der Waals surface area (Å²) in [7, 11) is 0. The van der Waals surface area contributed by atoms with E-state index in [4.69, 9.17) is 0 Å². The van der Waals surface area contributed by atoms with E-state index in [1.165, 1.54) is 16.0 Å². The van der Waals surface area contributed by atoms with Gasteiger partial charge in [0.2, 0.25) is 0 Å². The fraction of sp³-hybridized carbons (Fsp3) is 0.333. The van der Waals surface area contributed by atoms with Gasteiger partial charge in [-0.2, -0.15) is 0 Å². The van der Waals surface area contributed by atoms with Crippen LogP contribution in [0, 0.1) is 0 Å². The monoisotopic (exact) mass is 303 g/mol. The summed E-state index contributed by atoms with van der Waals surface area (Å²) in [5.41, 5.74) is 1.98. The van der Waals surface area contributed by atoms with Crippen molar-refractivity contribution in [2.24, 2.45) is 0 Å². The van der Waals surface area contributed by atoms with Crippen LogP contribution in [0.25, 0.3) is 5.65 Å². The molecular formula is C12H13N7OS. The second-order valence-electron chi connectivity index (χ2n) is 4.82. The first-order valence-corrected chi connectivity index (χ1v) is 7.19. The number of hydrogen-bond acceptors (Lipinski definition) is 7. The van der Waals surface area contributed by atoms with Crippen LogP contribution in [-0.2, 0) is 6.54 Å². The number of carbonyl (C=O) groups excluding carboxylic acids is 1. The molecule has 0 bridgehead atoms. The van der Waals surface area contributed by atoms with Crippen LogP contribution in [-0.4, -0.2) is 35.5 Å². The van der Waals surface area contributed by atoms with Crippen molar-refractivity contribution in [3.05, 3.63) is 34.5 Å². The Morgan fingerprint density at radius 1 is 1.43 bits per heavy atom. The summed E-state index contributed by atoms with van der Waals surface area (Å²) in [5, 5.41) is 18.0. The molecule has 108 valence electrons. The molecule has 3 heterocycles. The Hall–Kier alpha value is -2.42. The molecule has 0 spiro atoms. The average Bonchev–Trinajstić information content (AvgIpc) is 3.12. The highest BCUT2D eigenvalue weighted by Gasteiger charge is 2.13. The largest absolute Gasteiger partial charge is 0.347 e. The molecule has 0 aliphatic heterocycles. The summed E-state index contributed by atoms with van der Waals surface area (Å²) in [5.74, 6) is 0.109. The molecule has 3 aromatic heterocycles. The minimum absolute atomic E-state index is 0.177. The predicted octanol–water partition coefficient (Wildman–Crippen LogP) is 1.03. The molecule has 0 saturated carbocycles. The van der Waals surface area contributed by atoms with E-state index in [1.54, 1.807) is 18.3 Å². The smallest absolute Gasteiger partial charge is 0.251 e. The Balaban J connectivity index is 1.72. The van der Waals surface area contributed by atoms with Crippen molar-refractivity contribution >= 4 is 23.1 Å². The maximum absolute atomic E-state index is 12.2. The van der Waals surface area contributed by atoms with Crippen molar-refractivity contribution in [2.75, 3.05) is 0 Å². The van der Waals surface area contributed by atoms with Crippen molar-refractivity contribution in [1.29, 1.82) is 0 Å². The molecule has 9 heteroatoms. The van der Waals surface area contributed by atoms with Gasteiger partial charge in [-0.05, 0) is 40.0 Å². The number of fused-ring (bicyclic) bond motifs is 1. The Kier molecular flexibility index (Phi) is 3.57. The van der Waals surface area contributed by atoms with Gasteiger partial charge in [-0.15, -0.1) is 10.2 Å². The first-order valence-electron chi connectivity index (χ1n) is 6.42. The van der Waals surface area contributed by atoms with Gasteiger partial charge in [-0.25, -0.2) is 4.52 Å². The minimum Gasteiger partial charge on any atom is -0.347 e. The summed E-state index contributed by atoms with van der Waals surface area (Å²) in [6.07, 6.45) is 1.65. The van der Waals surface area contributed by atoms with Crippen molar-refractivity contribution < 1.29 is 4.79 Å². The zero-order valence-corrected chi connectivity index (χ0v) is 12.3. The third-order valence-electron chi connectivity index (χ3n) is 3.00. The topological polar surface area (TPSA) is 98.0 Å². The normalized spacial score (nSPS) is 11.2. The summed E-state index contributed by atoms with van der Waals surface area (Å²) in [4.78, 5) is 13.1. The van der Waals surface area contributed by atoms with Gasteiger partial charge in [0, 0.05) is 11.8 Å². The number of pyridine rings is 1. The van der Waals surface area contributed by atoms with Gasteiger partial charge in [0.1, 0.15) is 0 Å². The molecule has 0 saturated heterocycles. The fourth-order valence-corrected chi connectivity index (χ4v) is 2.65. The van der Waals surface area contributed by atoms with Crippen LogP contribution < -0.4 is 5.32 Å². The van der Waals surface area contributed by atoms with E-state index in [1.807, 2.05) is 13.8 Å². The zero-order valence-electron chi connectivity index (χ0n) is 11.5. The molecule has 0 atom stereocenters. The van der Waals surface area contributed by atoms with Crippen molar-refractivity contribution in [3.8, 4) is 0 Å². The quantitative estimate of drug-likeness (QED) is 0.773. The Labute approximate surface area is 124 Å². The maximum Gasteiger partial charge on any atom is 0.251 e. The fourth-order valence-electron chi connectivity index (χ4n) is 1.92. The van der Waals surface area contributed by atoms with Crippen molar-refractivity contribution in [1.82, 2.24) is 34.9 Å². The number of nitrogens with one attached hydrogen (secondary N) is 1. The molecule has 0 radical (unpaired) electrons. The van der Waals surface area contributed by atoms with Crippen LogP contribution in [0.3, 0.4) is 0 Å². The highest BCUT2D eigenvalue weighted by atomic mass is 32.1. The number of aromatic nitrogens is 6. The number of amides is 1. The third kappa shape index (κ3) is 2.72. The van der Waals surface area contributed by atoms with Crippen LogP contribution in [0.1, 0.15) is 40.7 Å². The van der Waals surface area contributed by atoms with Crippen molar-refractivity contribution in [2.45, 2.75) is 26.3 Å². The summed E-state index contributed by atoms with van der Waals surface area (Å²) < 4.78 is 5.44. The van der Waals surface area contributed by atoms with E-state index >= 15 is 0 Å². The van der Waals surface area contributed by atoms with Gasteiger partial charge in [0.15, 0.2) is 5.65 Å². The third-order valence-corrected chi connectivity index (χ3v) is 3.74. The van der Waals surface area contributed by atoms with E-state index in [0.717, 1.165) is 10.6 Å². The molecule has 0 aliphatic rings. The highest BCUT2D eigenvalue weighted by Crippen LogP contribution is 2.19. The summed E-state index contributed by atoms with van der Waals surface area (Å²) >= 11 is 1.31. The van der Waals surface area contributed by atoms with E-state index in [-0.39, 0.29) is 11.8 Å². The van der Waals surface area contributed by atoms with Gasteiger partial charge in [-0.1, -0.05) is 18.3 Å². The van der Waals surface area contributed by atoms with Gasteiger partial charge < -0.3 is 5.32 Å². The molecule has 0 unspecified atom stereocenters. The Morgan fingerprint density at radius 3 is 3.10 bits per heavy atom. The lowest BCUT2D eigenvalue weighted by atomic mass is 10.1. The van der Waals surface area contributed by atoms with Crippen LogP contribution >= 0.6 is 11.5 Å². The van der Waals surface area contributed by atoms with E-state index in [2.05, 4.69) is 30.4 Å². The molecule has 1 N–H and O–H groups in total. The molecule has 0 aromatic carbocycles. The lowest BCUT2D eigenvalue weighted by Crippen LogP contribution is -2.23. The standard InChI is InChI=1S/C12H13N7OS/c1-7(2)11-9(21-18-15-11)6-13-12(20)8-3-4-19-10(5-8)14-16-17-19/h3-5,7H,6H2,1-2H3,(H,13,20). The first kappa shape index (κ1) is 13.6. The SMILES string of the molecule is CC(C)c1nnsc1CNC(=O)c1ccn2nnnc2c1. The number of carbonyl (C=O) groups is 1. The molecular weight excluding hydrogens is 290 g/mol. The van der Waals surface area contributed by atoms with Crippen LogP contribution in [0.15, 0.2) is 18.3 Å². The molecule has 8 nitrogen and oxygen atoms in total. The van der Waals surface area contributed by atoms with Gasteiger partial charge in [0.05, 0.1) is 17.1 Å². The highest BCUT2D eigenvalue weighted by molar-refractivity contribution is 7.05. The molecule has 3 aromatic rings. The summed E-state index contributed by atoms with van der Waals surface area (Å²) in [6, 6.07) is 3.32. The number of rotatable bonds is 4. The Bertz CT molecular complexity index is 779. The first-order chi connectivity index (χ1) is 10.1. The molecule has 21 heavy (non-hydrogen) atoms. The van der Waals surface area contributed by atoms with E-state index in [0.29, 0.717) is 17.8 Å². The van der Waals surface area contributed by atoms with E-state index in [9.17, 15) is 4.79 Å². The van der Waals surface area contributed by atoms with Crippen LogP contribution in [0.2, 0.25) is 0 Å². The lowest BCUT2D eigenvalue weighted by Gasteiger charge is -2.06. The average molecular weight is 303 g/mol. The lowest BCUT2D eigenvalue weighted by molar-refractivity contribution is 0.0951. The van der Waals surface area contributed by atoms with Crippen molar-refractivity contribution in [3.63, 3.8) is 0 Å². The number of tetrazole rings is 1. The van der Waals surface area contributed by atoms with Gasteiger partial charge in [0.25, 0.3) is 5.91 Å². The number of nitrogens with zero attached hydrogens (tertiary/aromatic N) is 6. The minimum atomic E-state index is -0.177. The van der Waals surface area contributed by atoms with E-state index < -0.39 is 0 Å². The Morgan fingerprint density at radius 2 is 2.29 bits per heavy atom. The van der Waals surface area contributed by atoms with Gasteiger partial charge >= 0.3 is 0 Å². The number of hydrogen-bond donors (Lipinski definition) is 1. The maximum atomic E-state index is 12.2. The summed E-state index contributed by atoms with van der Waals surface area (Å²) in [6.45, 7) is 4.52. The van der Waals surface area contributed by atoms with Crippen LogP contribution in [0.4, 0.5) is 0 Å². The molecule has 1 amide bonds. The van der Waals surface area contributed by atoms with Gasteiger partial charge in [-0.3, -0.25) is 4.79 Å². The van der Waals surface area contributed by atoms with Crippen LogP contribution in [0.5, 0.6) is 0 Å².